The third-order valence-corrected chi connectivity index (χ3v) is 5.90. The summed E-state index contributed by atoms with van der Waals surface area (Å²) in [5.41, 5.74) is -0.775. The highest BCUT2D eigenvalue weighted by molar-refractivity contribution is 7.92. The minimum absolute atomic E-state index is 0.115. The fourth-order valence-corrected chi connectivity index (χ4v) is 5.04. The van der Waals surface area contributed by atoms with Crippen LogP contribution in [0, 0.1) is 0 Å². The molecule has 126 valence electrons. The second-order valence-electron chi connectivity index (χ2n) is 6.17. The van der Waals surface area contributed by atoms with Gasteiger partial charge in [-0.1, -0.05) is 0 Å². The van der Waals surface area contributed by atoms with Gasteiger partial charge in [0.15, 0.2) is 15.2 Å². The number of isothiocyanates is 1. The third kappa shape index (κ3) is 3.33. The molecule has 10 heteroatoms. The first-order chi connectivity index (χ1) is 10.5. The minimum Gasteiger partial charge on any atom is -0.455 e. The zero-order chi connectivity index (χ0) is 17.6. The molecule has 0 radical (unpaired) electrons. The van der Waals surface area contributed by atoms with Crippen LogP contribution in [0.25, 0.3) is 0 Å². The fourth-order valence-electron chi connectivity index (χ4n) is 2.39. The topological polar surface area (TPSA) is 93.1 Å². The van der Waals surface area contributed by atoms with Crippen molar-refractivity contribution >= 4 is 50.7 Å². The molecule has 1 fully saturated rings. The summed E-state index contributed by atoms with van der Waals surface area (Å²) in [6.45, 7) is 4.85. The summed E-state index contributed by atoms with van der Waals surface area (Å²) in [5, 5.41) is -0.340. The molecule has 2 aliphatic rings. The number of aliphatic imine (C=N–C) groups is 1. The predicted octanol–water partition coefficient (Wildman–Crippen LogP) is 0.889. The summed E-state index contributed by atoms with van der Waals surface area (Å²) in [6.07, 6.45) is 0. The van der Waals surface area contributed by atoms with Crippen molar-refractivity contribution in [3.63, 3.8) is 0 Å². The highest BCUT2D eigenvalue weighted by Gasteiger charge is 2.59. The maximum absolute atomic E-state index is 12.4. The number of esters is 1. The van der Waals surface area contributed by atoms with E-state index in [1.165, 1.54) is 0 Å². The van der Waals surface area contributed by atoms with Crippen molar-refractivity contribution in [2.45, 2.75) is 37.1 Å². The van der Waals surface area contributed by atoms with Gasteiger partial charge in [0.2, 0.25) is 5.91 Å². The average molecular weight is 379 g/mol. The molecule has 1 saturated heterocycles. The van der Waals surface area contributed by atoms with Crippen LogP contribution in [0.1, 0.15) is 20.8 Å². The molecule has 2 heterocycles. The Kier molecular flexibility index (Phi) is 4.69. The van der Waals surface area contributed by atoms with Crippen LogP contribution in [0.3, 0.4) is 0 Å². The zero-order valence-electron chi connectivity index (χ0n) is 12.7. The minimum atomic E-state index is -3.71. The van der Waals surface area contributed by atoms with Crippen LogP contribution in [0.2, 0.25) is 0 Å². The normalized spacial score (nSPS) is 26.1. The maximum atomic E-state index is 12.4. The van der Waals surface area contributed by atoms with Crippen molar-refractivity contribution in [1.29, 1.82) is 0 Å². The standard InChI is InChI=1S/C13H15ClN2O5S2/c1-13(2,3)21-12(18)9-7(4-15-6-22)5-23(19,20)11-8(14)10(17)16(9)11/h8,11H,4-5H2,1-3H3/t8-,11+/m0/s1. The Morgan fingerprint density at radius 1 is 1.52 bits per heavy atom. The number of carbonyl (C=O) groups is 2. The van der Waals surface area contributed by atoms with E-state index in [1.807, 2.05) is 0 Å². The number of sulfone groups is 1. The van der Waals surface area contributed by atoms with Gasteiger partial charge in [0.25, 0.3) is 0 Å². The van der Waals surface area contributed by atoms with Gasteiger partial charge in [-0.25, -0.2) is 18.2 Å². The Labute approximate surface area is 144 Å². The fraction of sp³-hybridized carbons (Fsp3) is 0.615. The van der Waals surface area contributed by atoms with Crippen LogP contribution in [-0.2, 0) is 24.2 Å². The van der Waals surface area contributed by atoms with E-state index in [1.54, 1.807) is 20.8 Å². The summed E-state index contributed by atoms with van der Waals surface area (Å²) in [4.78, 5) is 29.0. The van der Waals surface area contributed by atoms with Crippen LogP contribution in [0.5, 0.6) is 0 Å². The summed E-state index contributed by atoms with van der Waals surface area (Å²) in [5.74, 6) is -1.87. The number of halogens is 1. The van der Waals surface area contributed by atoms with Crippen molar-refractivity contribution < 1.29 is 22.7 Å². The molecule has 0 unspecified atom stereocenters. The molecule has 0 saturated carbocycles. The molecule has 2 aliphatic heterocycles. The van der Waals surface area contributed by atoms with Gasteiger partial charge in [-0.15, -0.1) is 11.6 Å². The van der Waals surface area contributed by atoms with Crippen molar-refractivity contribution in [2.75, 3.05) is 12.3 Å². The number of hydrogen-bond acceptors (Lipinski definition) is 7. The molecule has 0 bridgehead atoms. The van der Waals surface area contributed by atoms with E-state index in [0.29, 0.717) is 0 Å². The Hall–Kier alpha value is -1.28. The maximum Gasteiger partial charge on any atom is 0.355 e. The molecule has 0 aliphatic carbocycles. The third-order valence-electron chi connectivity index (χ3n) is 3.22. The molecule has 1 amide bonds. The lowest BCUT2D eigenvalue weighted by atomic mass is 10.1. The van der Waals surface area contributed by atoms with Crippen molar-refractivity contribution in [1.82, 2.24) is 4.90 Å². The summed E-state index contributed by atoms with van der Waals surface area (Å²) < 4.78 is 29.8. The molecule has 23 heavy (non-hydrogen) atoms. The van der Waals surface area contributed by atoms with Crippen LogP contribution >= 0.6 is 23.8 Å². The molecule has 2 rings (SSSR count). The first-order valence-corrected chi connectivity index (χ1v) is 9.23. The van der Waals surface area contributed by atoms with Crippen LogP contribution in [0.15, 0.2) is 16.3 Å². The van der Waals surface area contributed by atoms with Crippen LogP contribution in [-0.4, -0.2) is 59.0 Å². The molecule has 0 aromatic carbocycles. The molecular weight excluding hydrogens is 364 g/mol. The van der Waals surface area contributed by atoms with E-state index in [-0.39, 0.29) is 17.8 Å². The van der Waals surface area contributed by atoms with Gasteiger partial charge < -0.3 is 4.74 Å². The van der Waals surface area contributed by atoms with E-state index in [9.17, 15) is 18.0 Å². The Morgan fingerprint density at radius 2 is 2.13 bits per heavy atom. The van der Waals surface area contributed by atoms with Gasteiger partial charge >= 0.3 is 5.97 Å². The number of alkyl halides is 1. The average Bonchev–Trinajstić information content (AvgIpc) is 2.40. The Bertz CT molecular complexity index is 747. The molecule has 0 aromatic heterocycles. The Balaban J connectivity index is 2.53. The van der Waals surface area contributed by atoms with Crippen LogP contribution < -0.4 is 0 Å². The summed E-state index contributed by atoms with van der Waals surface area (Å²) in [7, 11) is -3.71. The largest absolute Gasteiger partial charge is 0.455 e. The van der Waals surface area contributed by atoms with Gasteiger partial charge in [0, 0.05) is 0 Å². The summed E-state index contributed by atoms with van der Waals surface area (Å²) >= 11 is 10.3. The molecule has 7 nitrogen and oxygen atoms in total. The molecule has 2 atom stereocenters. The van der Waals surface area contributed by atoms with E-state index >= 15 is 0 Å². The zero-order valence-corrected chi connectivity index (χ0v) is 15.1. The number of β-lactam (4-membered cyclic amide) rings is 1. The summed E-state index contributed by atoms with van der Waals surface area (Å²) in [6, 6.07) is 0. The second-order valence-corrected chi connectivity index (χ2v) is 8.92. The number of fused-ring (bicyclic) bond motifs is 1. The van der Waals surface area contributed by atoms with Gasteiger partial charge in [-0.3, -0.25) is 9.69 Å². The first kappa shape index (κ1) is 18.1. The quantitative estimate of drug-likeness (QED) is 0.238. The lowest BCUT2D eigenvalue weighted by Crippen LogP contribution is -2.68. The van der Waals surface area contributed by atoms with Gasteiger partial charge in [-0.05, 0) is 38.6 Å². The lowest BCUT2D eigenvalue weighted by molar-refractivity contribution is -0.157. The van der Waals surface area contributed by atoms with E-state index in [2.05, 4.69) is 22.4 Å². The molecular formula is C13H15ClN2O5S2. The Morgan fingerprint density at radius 3 is 2.65 bits per heavy atom. The van der Waals surface area contributed by atoms with Gasteiger partial charge in [-0.2, -0.15) is 0 Å². The number of nitrogens with zero attached hydrogens (tertiary/aromatic N) is 2. The predicted molar refractivity (Wildman–Crippen MR) is 86.8 cm³/mol. The van der Waals surface area contributed by atoms with Gasteiger partial charge in [0.1, 0.15) is 16.7 Å². The van der Waals surface area contributed by atoms with Gasteiger partial charge in [0.05, 0.1) is 17.5 Å². The van der Waals surface area contributed by atoms with E-state index in [0.717, 1.165) is 4.90 Å². The number of amides is 1. The number of carbonyl (C=O) groups excluding carboxylic acids is 2. The van der Waals surface area contributed by atoms with Crippen molar-refractivity contribution in [3.05, 3.63) is 11.3 Å². The van der Waals surface area contributed by atoms with Crippen LogP contribution in [0.4, 0.5) is 0 Å². The van der Waals surface area contributed by atoms with E-state index < -0.39 is 43.8 Å². The molecule has 0 N–H and O–H groups in total. The molecule has 0 spiro atoms. The number of ether oxygens (including phenoxy) is 1. The number of rotatable bonds is 3. The number of hydrogen-bond donors (Lipinski definition) is 0. The first-order valence-electron chi connectivity index (χ1n) is 6.67. The molecule has 0 aromatic rings. The highest BCUT2D eigenvalue weighted by atomic mass is 35.5. The number of thiocarbonyl (C=S) groups is 1. The highest BCUT2D eigenvalue weighted by Crippen LogP contribution is 2.40. The second kappa shape index (κ2) is 5.98. The lowest BCUT2D eigenvalue weighted by Gasteiger charge is -2.47. The smallest absolute Gasteiger partial charge is 0.355 e. The van der Waals surface area contributed by atoms with Crippen molar-refractivity contribution in [3.8, 4) is 0 Å². The SMILES string of the molecule is CC(C)(C)OC(=O)C1=C(CN=C=S)CS(=O)(=O)[C@@H]2[C@@H](Cl)C(=O)N12. The van der Waals surface area contributed by atoms with Crippen molar-refractivity contribution in [2.24, 2.45) is 4.99 Å². The monoisotopic (exact) mass is 378 g/mol. The van der Waals surface area contributed by atoms with E-state index in [4.69, 9.17) is 16.3 Å².